The van der Waals surface area contributed by atoms with Crippen molar-refractivity contribution >= 4 is 32.7 Å². The molecule has 0 fully saturated rings. The van der Waals surface area contributed by atoms with Crippen LogP contribution in [0, 0.1) is 6.92 Å². The topological polar surface area (TPSA) is 28.7 Å². The fraction of sp³-hybridized carbons (Fsp3) is 0.0625. The lowest BCUT2D eigenvalue weighted by molar-refractivity contribution is 1.41. The molecule has 18 heavy (non-hydrogen) atoms. The summed E-state index contributed by atoms with van der Waals surface area (Å²) in [7, 11) is 0. The van der Waals surface area contributed by atoms with E-state index in [1.807, 2.05) is 12.3 Å². The third kappa shape index (κ3) is 1.20. The molecule has 2 nitrogen and oxygen atoms in total. The summed E-state index contributed by atoms with van der Waals surface area (Å²) in [5.41, 5.74) is 4.61. The molecular weight excluding hydrogens is 220 g/mol. The van der Waals surface area contributed by atoms with Crippen LogP contribution in [0.5, 0.6) is 0 Å². The summed E-state index contributed by atoms with van der Waals surface area (Å²) in [6.45, 7) is 2.13. The third-order valence-electron chi connectivity index (χ3n) is 3.49. The number of nitrogens with zero attached hydrogens (tertiary/aromatic N) is 1. The molecule has 0 radical (unpaired) electrons. The van der Waals surface area contributed by atoms with E-state index in [0.717, 1.165) is 11.0 Å². The van der Waals surface area contributed by atoms with Crippen molar-refractivity contribution in [2.24, 2.45) is 0 Å². The van der Waals surface area contributed by atoms with E-state index in [0.29, 0.717) is 0 Å². The van der Waals surface area contributed by atoms with Gasteiger partial charge < -0.3 is 4.98 Å². The highest BCUT2D eigenvalue weighted by atomic mass is 14.8. The molecule has 2 aromatic carbocycles. The number of pyridine rings is 1. The number of hydrogen-bond acceptors (Lipinski definition) is 1. The molecule has 0 amide bonds. The highest BCUT2D eigenvalue weighted by Gasteiger charge is 2.08. The summed E-state index contributed by atoms with van der Waals surface area (Å²) < 4.78 is 0. The minimum atomic E-state index is 1.05. The lowest BCUT2D eigenvalue weighted by Gasteiger charge is -1.99. The first-order valence-electron chi connectivity index (χ1n) is 6.09. The van der Waals surface area contributed by atoms with Gasteiger partial charge in [0.25, 0.3) is 0 Å². The molecule has 86 valence electrons. The van der Waals surface area contributed by atoms with E-state index in [-0.39, 0.29) is 0 Å². The number of fused-ring (bicyclic) bond motifs is 5. The van der Waals surface area contributed by atoms with Crippen LogP contribution in [-0.4, -0.2) is 9.97 Å². The summed E-state index contributed by atoms with van der Waals surface area (Å²) in [4.78, 5) is 7.93. The summed E-state index contributed by atoms with van der Waals surface area (Å²) in [5, 5.41) is 3.77. The molecule has 2 aromatic heterocycles. The van der Waals surface area contributed by atoms with E-state index in [4.69, 9.17) is 0 Å². The van der Waals surface area contributed by atoms with E-state index in [1.165, 1.54) is 27.2 Å². The first-order chi connectivity index (χ1) is 8.83. The maximum absolute atomic E-state index is 4.50. The molecule has 0 unspecified atom stereocenters. The molecule has 0 spiro atoms. The first-order valence-corrected chi connectivity index (χ1v) is 6.09. The second-order valence-corrected chi connectivity index (χ2v) is 4.74. The zero-order valence-electron chi connectivity index (χ0n) is 10.1. The van der Waals surface area contributed by atoms with Crippen LogP contribution in [0.3, 0.4) is 0 Å². The van der Waals surface area contributed by atoms with Crippen LogP contribution >= 0.6 is 0 Å². The summed E-state index contributed by atoms with van der Waals surface area (Å²) in [6.07, 6.45) is 1.92. The molecule has 0 atom stereocenters. The highest BCUT2D eigenvalue weighted by molar-refractivity contribution is 6.19. The van der Waals surface area contributed by atoms with Gasteiger partial charge in [0.15, 0.2) is 0 Å². The van der Waals surface area contributed by atoms with Gasteiger partial charge in [-0.2, -0.15) is 0 Å². The van der Waals surface area contributed by atoms with Gasteiger partial charge in [-0.05, 0) is 25.1 Å². The van der Waals surface area contributed by atoms with E-state index < -0.39 is 0 Å². The Balaban J connectivity index is 2.35. The zero-order valence-corrected chi connectivity index (χ0v) is 10.1. The van der Waals surface area contributed by atoms with E-state index >= 15 is 0 Å². The van der Waals surface area contributed by atoms with Crippen molar-refractivity contribution in [3.63, 3.8) is 0 Å². The summed E-state index contributed by atoms with van der Waals surface area (Å²) in [6, 6.07) is 14.8. The van der Waals surface area contributed by atoms with Crippen molar-refractivity contribution in [1.82, 2.24) is 9.97 Å². The number of aromatic nitrogens is 2. The predicted octanol–water partition coefficient (Wildman–Crippen LogP) is 4.18. The van der Waals surface area contributed by atoms with Crippen molar-refractivity contribution in [2.75, 3.05) is 0 Å². The molecule has 2 heteroatoms. The largest absolute Gasteiger partial charge is 0.353 e. The number of hydrogen-bond donors (Lipinski definition) is 1. The molecule has 0 aliphatic heterocycles. The molecule has 0 bridgehead atoms. The third-order valence-corrected chi connectivity index (χ3v) is 3.49. The summed E-state index contributed by atoms with van der Waals surface area (Å²) in [5.74, 6) is 0. The lowest BCUT2D eigenvalue weighted by atomic mass is 10.1. The number of para-hydroxylation sites is 1. The number of aromatic amines is 1. The first kappa shape index (κ1) is 9.66. The van der Waals surface area contributed by atoms with Crippen LogP contribution in [0.2, 0.25) is 0 Å². The van der Waals surface area contributed by atoms with E-state index in [1.54, 1.807) is 0 Å². The molecule has 2 heterocycles. The van der Waals surface area contributed by atoms with Crippen LogP contribution in [0.1, 0.15) is 5.56 Å². The normalized spacial score (nSPS) is 11.6. The number of aryl methyl sites for hydroxylation is 1. The van der Waals surface area contributed by atoms with Gasteiger partial charge in [-0.25, -0.2) is 0 Å². The fourth-order valence-electron chi connectivity index (χ4n) is 2.65. The van der Waals surface area contributed by atoms with Crippen LogP contribution in [0.4, 0.5) is 0 Å². The second-order valence-electron chi connectivity index (χ2n) is 4.74. The maximum atomic E-state index is 4.50. The van der Waals surface area contributed by atoms with Gasteiger partial charge in [0.05, 0.1) is 17.2 Å². The van der Waals surface area contributed by atoms with Gasteiger partial charge in [-0.3, -0.25) is 4.98 Å². The fourth-order valence-corrected chi connectivity index (χ4v) is 2.65. The maximum Gasteiger partial charge on any atom is 0.0709 e. The Morgan fingerprint density at radius 2 is 1.83 bits per heavy atom. The number of nitrogens with one attached hydrogen (secondary N) is 1. The van der Waals surface area contributed by atoms with Crippen molar-refractivity contribution in [3.8, 4) is 0 Å². The Morgan fingerprint density at radius 3 is 2.78 bits per heavy atom. The average Bonchev–Trinajstić information content (AvgIpc) is 2.77. The van der Waals surface area contributed by atoms with Crippen LogP contribution in [0.25, 0.3) is 32.7 Å². The van der Waals surface area contributed by atoms with E-state index in [2.05, 4.69) is 53.3 Å². The number of H-pyrrole nitrogens is 1. The molecular formula is C16H12N2. The van der Waals surface area contributed by atoms with E-state index in [9.17, 15) is 0 Å². The SMILES string of the molecule is Cc1ccc2[nH]c3cnc4ccccc4c3c2c1. The highest BCUT2D eigenvalue weighted by Crippen LogP contribution is 2.31. The molecule has 0 aliphatic rings. The molecule has 4 rings (SSSR count). The van der Waals surface area contributed by atoms with Crippen molar-refractivity contribution in [3.05, 3.63) is 54.2 Å². The van der Waals surface area contributed by atoms with Gasteiger partial charge in [0, 0.05) is 21.7 Å². The second kappa shape index (κ2) is 3.33. The minimum Gasteiger partial charge on any atom is -0.353 e. The van der Waals surface area contributed by atoms with Gasteiger partial charge in [0.1, 0.15) is 0 Å². The Bertz CT molecular complexity index is 887. The Labute approximate surface area is 104 Å². The molecule has 4 aromatic rings. The Hall–Kier alpha value is -2.35. The molecule has 0 saturated heterocycles. The van der Waals surface area contributed by atoms with Gasteiger partial charge in [-0.15, -0.1) is 0 Å². The Kier molecular flexibility index (Phi) is 1.78. The van der Waals surface area contributed by atoms with Crippen LogP contribution < -0.4 is 0 Å². The quantitative estimate of drug-likeness (QED) is 0.484. The van der Waals surface area contributed by atoms with Crippen LogP contribution in [-0.2, 0) is 0 Å². The van der Waals surface area contributed by atoms with Crippen molar-refractivity contribution in [1.29, 1.82) is 0 Å². The van der Waals surface area contributed by atoms with Gasteiger partial charge in [-0.1, -0.05) is 29.8 Å². The molecule has 0 aliphatic carbocycles. The Morgan fingerprint density at radius 1 is 0.944 bits per heavy atom. The lowest BCUT2D eigenvalue weighted by Crippen LogP contribution is -1.79. The van der Waals surface area contributed by atoms with Crippen molar-refractivity contribution in [2.45, 2.75) is 6.92 Å². The number of rotatable bonds is 0. The minimum absolute atomic E-state index is 1.05. The van der Waals surface area contributed by atoms with Crippen LogP contribution in [0.15, 0.2) is 48.7 Å². The van der Waals surface area contributed by atoms with Gasteiger partial charge in [0.2, 0.25) is 0 Å². The van der Waals surface area contributed by atoms with Crippen molar-refractivity contribution < 1.29 is 0 Å². The molecule has 0 saturated carbocycles. The standard InChI is InChI=1S/C16H12N2/c1-10-6-7-14-12(8-10)16-11-4-2-3-5-13(11)17-9-15(16)18-14/h2-9,18H,1H3. The predicted molar refractivity (Wildman–Crippen MR) is 75.8 cm³/mol. The molecule has 1 N–H and O–H groups in total. The van der Waals surface area contributed by atoms with Gasteiger partial charge >= 0.3 is 0 Å². The smallest absolute Gasteiger partial charge is 0.0709 e. The zero-order chi connectivity index (χ0) is 12.1. The number of benzene rings is 2. The average molecular weight is 232 g/mol. The monoisotopic (exact) mass is 232 g/mol. The summed E-state index contributed by atoms with van der Waals surface area (Å²) >= 11 is 0.